The van der Waals surface area contributed by atoms with Gasteiger partial charge in [-0.25, -0.2) is 0 Å². The van der Waals surface area contributed by atoms with Crippen LogP contribution in [0, 0.1) is 0 Å². The lowest BCUT2D eigenvalue weighted by Gasteiger charge is -2.27. The first kappa shape index (κ1) is 12.5. The highest BCUT2D eigenvalue weighted by Crippen LogP contribution is 2.26. The summed E-state index contributed by atoms with van der Waals surface area (Å²) in [6, 6.07) is 19.4. The molecule has 0 spiro atoms. The van der Waals surface area contributed by atoms with Crippen molar-refractivity contribution in [1.29, 1.82) is 0 Å². The molecule has 2 heteroatoms. The van der Waals surface area contributed by atoms with E-state index >= 15 is 0 Å². The highest BCUT2D eigenvalue weighted by molar-refractivity contribution is 5.58. The molecule has 0 aliphatic heterocycles. The van der Waals surface area contributed by atoms with E-state index in [-0.39, 0.29) is 0 Å². The summed E-state index contributed by atoms with van der Waals surface area (Å²) in [4.78, 5) is 2.29. The van der Waals surface area contributed by atoms with Gasteiger partial charge in [-0.15, -0.1) is 0 Å². The van der Waals surface area contributed by atoms with Crippen molar-refractivity contribution < 1.29 is 0 Å². The minimum absolute atomic E-state index is 0.360. The van der Waals surface area contributed by atoms with Crippen LogP contribution in [0.3, 0.4) is 0 Å². The molecule has 1 atom stereocenters. The van der Waals surface area contributed by atoms with Gasteiger partial charge in [0.25, 0.3) is 0 Å². The Morgan fingerprint density at radius 2 is 1.72 bits per heavy atom. The lowest BCUT2D eigenvalue weighted by Crippen LogP contribution is -2.21. The van der Waals surface area contributed by atoms with Gasteiger partial charge < -0.3 is 10.2 Å². The fourth-order valence-corrected chi connectivity index (χ4v) is 2.06. The maximum absolute atomic E-state index is 3.17. The first-order valence-electron chi connectivity index (χ1n) is 6.28. The molecule has 1 unspecified atom stereocenters. The molecule has 18 heavy (non-hydrogen) atoms. The molecule has 2 aromatic carbocycles. The van der Waals surface area contributed by atoms with E-state index in [1.54, 1.807) is 0 Å². The van der Waals surface area contributed by atoms with E-state index in [0.29, 0.717) is 6.04 Å². The summed E-state index contributed by atoms with van der Waals surface area (Å²) in [6.45, 7) is 2.22. The van der Waals surface area contributed by atoms with Crippen molar-refractivity contribution in [2.24, 2.45) is 0 Å². The van der Waals surface area contributed by atoms with Gasteiger partial charge in [0.2, 0.25) is 0 Å². The maximum Gasteiger partial charge on any atom is 0.0511 e. The molecule has 0 heterocycles. The van der Waals surface area contributed by atoms with Gasteiger partial charge in [0.1, 0.15) is 0 Å². The zero-order valence-electron chi connectivity index (χ0n) is 11.2. The van der Waals surface area contributed by atoms with Crippen molar-refractivity contribution >= 4 is 11.4 Å². The Hall–Kier alpha value is -1.96. The molecule has 0 aliphatic rings. The number of nitrogens with zero attached hydrogens (tertiary/aromatic N) is 1. The second kappa shape index (κ2) is 5.58. The van der Waals surface area contributed by atoms with Gasteiger partial charge in [0.15, 0.2) is 0 Å². The van der Waals surface area contributed by atoms with Gasteiger partial charge in [-0.1, -0.05) is 36.4 Å². The molecule has 0 radical (unpaired) electrons. The molecule has 0 fully saturated rings. The minimum atomic E-state index is 0.360. The maximum atomic E-state index is 3.17. The second-order valence-electron chi connectivity index (χ2n) is 4.50. The molecule has 0 saturated heterocycles. The Morgan fingerprint density at radius 3 is 2.39 bits per heavy atom. The topological polar surface area (TPSA) is 15.3 Å². The van der Waals surface area contributed by atoms with Crippen LogP contribution < -0.4 is 10.2 Å². The summed E-state index contributed by atoms with van der Waals surface area (Å²) >= 11 is 0. The van der Waals surface area contributed by atoms with Gasteiger partial charge in [-0.05, 0) is 30.7 Å². The Balaban J connectivity index is 2.22. The Bertz CT molecular complexity index is 493. The normalized spacial score (nSPS) is 11.9. The molecule has 94 valence electrons. The zero-order chi connectivity index (χ0) is 13.0. The van der Waals surface area contributed by atoms with Gasteiger partial charge in [-0.2, -0.15) is 0 Å². The average molecular weight is 240 g/mol. The lowest BCUT2D eigenvalue weighted by atomic mass is 10.1. The smallest absolute Gasteiger partial charge is 0.0511 e. The number of benzene rings is 2. The van der Waals surface area contributed by atoms with Gasteiger partial charge in [-0.3, -0.25) is 0 Å². The number of hydrogen-bond donors (Lipinski definition) is 1. The zero-order valence-corrected chi connectivity index (χ0v) is 11.2. The molecule has 0 bridgehead atoms. The van der Waals surface area contributed by atoms with E-state index in [4.69, 9.17) is 0 Å². The van der Waals surface area contributed by atoms with Crippen molar-refractivity contribution in [3.8, 4) is 0 Å². The van der Waals surface area contributed by atoms with Crippen molar-refractivity contribution in [3.05, 3.63) is 60.2 Å². The van der Waals surface area contributed by atoms with Crippen LogP contribution in [0.1, 0.15) is 18.5 Å². The van der Waals surface area contributed by atoms with Crippen LogP contribution in [0.25, 0.3) is 0 Å². The van der Waals surface area contributed by atoms with Crippen LogP contribution in [-0.2, 0) is 0 Å². The van der Waals surface area contributed by atoms with Crippen LogP contribution in [0.4, 0.5) is 11.4 Å². The third-order valence-corrected chi connectivity index (χ3v) is 3.41. The molecule has 0 aliphatic carbocycles. The fraction of sp³-hybridized carbons (Fsp3) is 0.250. The van der Waals surface area contributed by atoms with E-state index in [1.165, 1.54) is 11.3 Å². The summed E-state index contributed by atoms with van der Waals surface area (Å²) in [7, 11) is 4.08. The average Bonchev–Trinajstić information content (AvgIpc) is 2.46. The van der Waals surface area contributed by atoms with Crippen molar-refractivity contribution in [3.63, 3.8) is 0 Å². The highest BCUT2D eigenvalue weighted by Gasteiger charge is 2.11. The summed E-state index contributed by atoms with van der Waals surface area (Å²) < 4.78 is 0. The first-order chi connectivity index (χ1) is 8.72. The van der Waals surface area contributed by atoms with E-state index in [1.807, 2.05) is 7.05 Å². The van der Waals surface area contributed by atoms with Crippen LogP contribution >= 0.6 is 0 Å². The Kier molecular flexibility index (Phi) is 3.88. The molecular formula is C16H20N2. The predicted molar refractivity (Wildman–Crippen MR) is 79.2 cm³/mol. The second-order valence-corrected chi connectivity index (χ2v) is 4.50. The van der Waals surface area contributed by atoms with Gasteiger partial charge >= 0.3 is 0 Å². The summed E-state index contributed by atoms with van der Waals surface area (Å²) in [5.41, 5.74) is 3.69. The van der Waals surface area contributed by atoms with E-state index < -0.39 is 0 Å². The van der Waals surface area contributed by atoms with Gasteiger partial charge in [0, 0.05) is 25.5 Å². The van der Waals surface area contributed by atoms with E-state index in [0.717, 1.165) is 5.69 Å². The van der Waals surface area contributed by atoms with E-state index in [9.17, 15) is 0 Å². The van der Waals surface area contributed by atoms with Crippen LogP contribution in [0.2, 0.25) is 0 Å². The molecule has 0 aromatic heterocycles. The number of anilines is 2. The van der Waals surface area contributed by atoms with Crippen LogP contribution in [0.5, 0.6) is 0 Å². The predicted octanol–water partition coefficient (Wildman–Crippen LogP) is 3.93. The molecule has 2 rings (SSSR count). The molecule has 1 N–H and O–H groups in total. The van der Waals surface area contributed by atoms with Crippen LogP contribution in [-0.4, -0.2) is 14.1 Å². The van der Waals surface area contributed by atoms with Crippen molar-refractivity contribution in [1.82, 2.24) is 0 Å². The Morgan fingerprint density at radius 1 is 1.00 bits per heavy atom. The minimum Gasteiger partial charge on any atom is -0.388 e. The fourth-order valence-electron chi connectivity index (χ4n) is 2.06. The third-order valence-electron chi connectivity index (χ3n) is 3.41. The lowest BCUT2D eigenvalue weighted by molar-refractivity contribution is 0.740. The molecule has 2 nitrogen and oxygen atoms in total. The quantitative estimate of drug-likeness (QED) is 0.871. The van der Waals surface area contributed by atoms with Crippen molar-refractivity contribution in [2.45, 2.75) is 13.0 Å². The number of hydrogen-bond acceptors (Lipinski definition) is 2. The molecular weight excluding hydrogens is 220 g/mol. The summed E-state index contributed by atoms with van der Waals surface area (Å²) in [5, 5.41) is 3.17. The SMILES string of the molecule is CNc1cccc(N(C)C(C)c2ccccc2)c1. The Labute approximate surface area is 109 Å². The monoisotopic (exact) mass is 240 g/mol. The number of rotatable bonds is 4. The summed E-state index contributed by atoms with van der Waals surface area (Å²) in [5.74, 6) is 0. The molecule has 0 saturated carbocycles. The third kappa shape index (κ3) is 2.65. The summed E-state index contributed by atoms with van der Waals surface area (Å²) in [6.07, 6.45) is 0. The number of nitrogens with one attached hydrogen (secondary N) is 1. The largest absolute Gasteiger partial charge is 0.388 e. The standard InChI is InChI=1S/C16H20N2/c1-13(14-8-5-4-6-9-14)18(3)16-11-7-10-15(12-16)17-2/h4-13,17H,1-3H3. The van der Waals surface area contributed by atoms with Crippen molar-refractivity contribution in [2.75, 3.05) is 24.3 Å². The van der Waals surface area contributed by atoms with Crippen LogP contribution in [0.15, 0.2) is 54.6 Å². The molecule has 0 amide bonds. The molecule has 2 aromatic rings. The van der Waals surface area contributed by atoms with E-state index in [2.05, 4.69) is 78.8 Å². The van der Waals surface area contributed by atoms with Gasteiger partial charge in [0.05, 0.1) is 6.04 Å². The first-order valence-corrected chi connectivity index (χ1v) is 6.28. The highest BCUT2D eigenvalue weighted by atomic mass is 15.1.